The molecule has 0 atom stereocenters. The number of esters is 1. The molecule has 0 aromatic rings. The van der Waals surface area contributed by atoms with E-state index in [1.165, 1.54) is 19.3 Å². The van der Waals surface area contributed by atoms with Gasteiger partial charge in [-0.1, -0.05) is 46.0 Å². The topological polar surface area (TPSA) is 26.3 Å². The molecule has 2 nitrogen and oxygen atoms in total. The Hall–Kier alpha value is 0.236. The minimum Gasteiger partial charge on any atom is -0.466 e. The summed E-state index contributed by atoms with van der Waals surface area (Å²) in [5.41, 5.74) is 0. The quantitative estimate of drug-likeness (QED) is 0.341. The predicted molar refractivity (Wildman–Crippen MR) is 65.0 cm³/mol. The lowest BCUT2D eigenvalue weighted by molar-refractivity contribution is -0.143. The molecule has 3 heteroatoms. The number of unbranched alkanes of at least 4 members (excludes halogenated alkanes) is 5. The van der Waals surface area contributed by atoms with Gasteiger partial charge >= 0.3 is 5.97 Å². The fraction of sp³-hybridized carbons (Fsp3) is 0.917. The Kier molecular flexibility index (Phi) is 16.7. The number of hydrogen-bond acceptors (Lipinski definition) is 2. The molecule has 86 valence electrons. The molecule has 0 heterocycles. The summed E-state index contributed by atoms with van der Waals surface area (Å²) in [5.74, 6) is -0.0186. The number of rotatable bonds is 9. The van der Waals surface area contributed by atoms with Gasteiger partial charge in [0.25, 0.3) is 0 Å². The van der Waals surface area contributed by atoms with Crippen molar-refractivity contribution in [3.05, 3.63) is 0 Å². The molecule has 0 amide bonds. The van der Waals surface area contributed by atoms with Crippen molar-refractivity contribution in [3.63, 3.8) is 0 Å². The van der Waals surface area contributed by atoms with Crippen molar-refractivity contribution in [1.82, 2.24) is 0 Å². The first-order valence-corrected chi connectivity index (χ1v) is 5.96. The summed E-state index contributed by atoms with van der Waals surface area (Å²) in [4.78, 5) is 11.1. The first kappa shape index (κ1) is 17.6. The van der Waals surface area contributed by atoms with E-state index < -0.39 is 0 Å². The molecule has 0 saturated carbocycles. The molecule has 0 unspecified atom stereocenters. The van der Waals surface area contributed by atoms with Crippen LogP contribution in [0.4, 0.5) is 0 Å². The van der Waals surface area contributed by atoms with E-state index in [9.17, 15) is 4.79 Å². The highest BCUT2D eigenvalue weighted by Gasteiger charge is 2.00. The zero-order valence-corrected chi connectivity index (χ0v) is 11.8. The molecular formula is C12H24MgO2. The van der Waals surface area contributed by atoms with Crippen molar-refractivity contribution in [2.24, 2.45) is 0 Å². The number of carbonyl (C=O) groups is 1. The van der Waals surface area contributed by atoms with Gasteiger partial charge in [-0.2, -0.15) is 0 Å². The summed E-state index contributed by atoms with van der Waals surface area (Å²) in [6.07, 6.45) is 8.53. The third-order valence-electron chi connectivity index (χ3n) is 2.25. The largest absolute Gasteiger partial charge is 0.466 e. The van der Waals surface area contributed by atoms with Gasteiger partial charge in [-0.25, -0.2) is 0 Å². The van der Waals surface area contributed by atoms with Crippen LogP contribution in [-0.4, -0.2) is 35.6 Å². The number of hydrogen-bond donors (Lipinski definition) is 0. The maximum absolute atomic E-state index is 11.1. The molecule has 0 aromatic heterocycles. The molecule has 0 aromatic carbocycles. The van der Waals surface area contributed by atoms with Crippen molar-refractivity contribution in [3.8, 4) is 0 Å². The first-order chi connectivity index (χ1) is 6.81. The second kappa shape index (κ2) is 14.2. The van der Waals surface area contributed by atoms with Crippen LogP contribution in [0.15, 0.2) is 0 Å². The zero-order chi connectivity index (χ0) is 10.6. The van der Waals surface area contributed by atoms with Gasteiger partial charge < -0.3 is 4.74 Å². The molecule has 0 aliphatic carbocycles. The van der Waals surface area contributed by atoms with Crippen LogP contribution in [0.25, 0.3) is 0 Å². The van der Waals surface area contributed by atoms with Crippen LogP contribution < -0.4 is 0 Å². The number of ether oxygens (including phenoxy) is 1. The highest BCUT2D eigenvalue weighted by atomic mass is 24.3. The molecular weight excluding hydrogens is 200 g/mol. The van der Waals surface area contributed by atoms with Gasteiger partial charge in [-0.05, 0) is 12.8 Å². The Balaban J connectivity index is 0. The monoisotopic (exact) mass is 224 g/mol. The average molecular weight is 225 g/mol. The molecule has 0 fully saturated rings. The second-order valence-corrected chi connectivity index (χ2v) is 3.74. The molecule has 15 heavy (non-hydrogen) atoms. The van der Waals surface area contributed by atoms with Crippen LogP contribution in [0, 0.1) is 0 Å². The van der Waals surface area contributed by atoms with Crippen LogP contribution in [0.2, 0.25) is 0 Å². The Morgan fingerprint density at radius 3 is 2.13 bits per heavy atom. The molecule has 2 radical (unpaired) electrons. The standard InChI is InChI=1S/C12H24O2.Mg/c1-3-5-7-9-11-14-12(13)10-8-6-4-2;/h3-11H2,1-2H3;. The molecule has 0 bridgehead atoms. The highest BCUT2D eigenvalue weighted by Crippen LogP contribution is 2.02. The summed E-state index contributed by atoms with van der Waals surface area (Å²) >= 11 is 0. The molecule has 0 N–H and O–H groups in total. The van der Waals surface area contributed by atoms with Gasteiger partial charge in [-0.3, -0.25) is 4.79 Å². The number of carbonyl (C=O) groups excluding carboxylic acids is 1. The van der Waals surface area contributed by atoms with E-state index in [0.717, 1.165) is 25.7 Å². The van der Waals surface area contributed by atoms with E-state index in [4.69, 9.17) is 4.74 Å². The summed E-state index contributed by atoms with van der Waals surface area (Å²) < 4.78 is 5.10. The Labute approximate surface area is 110 Å². The highest BCUT2D eigenvalue weighted by molar-refractivity contribution is 5.75. The van der Waals surface area contributed by atoms with Crippen LogP contribution in [0.5, 0.6) is 0 Å². The van der Waals surface area contributed by atoms with Gasteiger partial charge in [0, 0.05) is 29.5 Å². The van der Waals surface area contributed by atoms with E-state index in [2.05, 4.69) is 13.8 Å². The van der Waals surface area contributed by atoms with Crippen molar-refractivity contribution in [1.29, 1.82) is 0 Å². The van der Waals surface area contributed by atoms with E-state index in [1.54, 1.807) is 0 Å². The van der Waals surface area contributed by atoms with Crippen molar-refractivity contribution >= 4 is 29.0 Å². The average Bonchev–Trinajstić information content (AvgIpc) is 2.18. The third kappa shape index (κ3) is 14.2. The van der Waals surface area contributed by atoms with Gasteiger partial charge in [0.05, 0.1) is 6.61 Å². The Morgan fingerprint density at radius 2 is 1.53 bits per heavy atom. The molecule has 0 aliphatic heterocycles. The van der Waals surface area contributed by atoms with Crippen LogP contribution >= 0.6 is 0 Å². The Morgan fingerprint density at radius 1 is 0.933 bits per heavy atom. The molecule has 0 spiro atoms. The van der Waals surface area contributed by atoms with E-state index in [1.807, 2.05) is 0 Å². The fourth-order valence-electron chi connectivity index (χ4n) is 1.31. The van der Waals surface area contributed by atoms with E-state index >= 15 is 0 Å². The summed E-state index contributed by atoms with van der Waals surface area (Å²) in [7, 11) is 0. The minimum atomic E-state index is -0.0186. The third-order valence-corrected chi connectivity index (χ3v) is 2.25. The zero-order valence-electron chi connectivity index (χ0n) is 10.4. The summed E-state index contributed by atoms with van der Waals surface area (Å²) in [6.45, 7) is 4.93. The lowest BCUT2D eigenvalue weighted by Crippen LogP contribution is -2.05. The Bertz CT molecular complexity index is 138. The van der Waals surface area contributed by atoms with Crippen molar-refractivity contribution in [2.45, 2.75) is 65.2 Å². The summed E-state index contributed by atoms with van der Waals surface area (Å²) in [5, 5.41) is 0. The molecule has 0 saturated heterocycles. The van der Waals surface area contributed by atoms with Crippen molar-refractivity contribution < 1.29 is 9.53 Å². The van der Waals surface area contributed by atoms with E-state index in [0.29, 0.717) is 13.0 Å². The lowest BCUT2D eigenvalue weighted by Gasteiger charge is -2.03. The predicted octanol–water partition coefficient (Wildman–Crippen LogP) is 3.31. The minimum absolute atomic E-state index is 0. The second-order valence-electron chi connectivity index (χ2n) is 3.74. The maximum atomic E-state index is 11.1. The molecule has 0 rings (SSSR count). The first-order valence-electron chi connectivity index (χ1n) is 5.96. The van der Waals surface area contributed by atoms with Gasteiger partial charge in [0.15, 0.2) is 0 Å². The smallest absolute Gasteiger partial charge is 0.305 e. The van der Waals surface area contributed by atoms with Gasteiger partial charge in [-0.15, -0.1) is 0 Å². The fourth-order valence-corrected chi connectivity index (χ4v) is 1.31. The van der Waals surface area contributed by atoms with Crippen molar-refractivity contribution in [2.75, 3.05) is 6.61 Å². The van der Waals surface area contributed by atoms with Crippen LogP contribution in [-0.2, 0) is 9.53 Å². The lowest BCUT2D eigenvalue weighted by atomic mass is 10.2. The summed E-state index contributed by atoms with van der Waals surface area (Å²) in [6, 6.07) is 0. The van der Waals surface area contributed by atoms with Gasteiger partial charge in [0.1, 0.15) is 0 Å². The van der Waals surface area contributed by atoms with Crippen LogP contribution in [0.1, 0.15) is 65.2 Å². The normalized spacial score (nSPS) is 9.47. The molecule has 0 aliphatic rings. The van der Waals surface area contributed by atoms with E-state index in [-0.39, 0.29) is 29.0 Å². The SMILES string of the molecule is CCCCCCOC(=O)CCCCC.[Mg]. The van der Waals surface area contributed by atoms with Gasteiger partial charge in [0.2, 0.25) is 0 Å². The van der Waals surface area contributed by atoms with Crippen LogP contribution in [0.3, 0.4) is 0 Å². The maximum Gasteiger partial charge on any atom is 0.305 e.